The molecule has 0 aliphatic heterocycles. The van der Waals surface area contributed by atoms with Gasteiger partial charge in [-0.1, -0.05) is 0 Å². The SMILES string of the molecule is CCN(C(=O)c1cc(F)ccc1N)C(C)(C)C(=O)O. The minimum atomic E-state index is -1.40. The van der Waals surface area contributed by atoms with Gasteiger partial charge in [0.2, 0.25) is 0 Å². The van der Waals surface area contributed by atoms with Crippen molar-refractivity contribution in [1.29, 1.82) is 0 Å². The molecule has 0 atom stereocenters. The van der Waals surface area contributed by atoms with Crippen molar-refractivity contribution in [3.63, 3.8) is 0 Å². The fourth-order valence-electron chi connectivity index (χ4n) is 1.77. The molecule has 6 heteroatoms. The average Bonchev–Trinajstić information content (AvgIpc) is 2.32. The second kappa shape index (κ2) is 5.26. The lowest BCUT2D eigenvalue weighted by Gasteiger charge is -2.34. The minimum absolute atomic E-state index is 0.0313. The van der Waals surface area contributed by atoms with Crippen LogP contribution in [0.4, 0.5) is 10.1 Å². The molecule has 0 aliphatic carbocycles. The molecular weight excluding hydrogens is 251 g/mol. The summed E-state index contributed by atoms with van der Waals surface area (Å²) in [6, 6.07) is 3.44. The van der Waals surface area contributed by atoms with Crippen LogP contribution in [-0.4, -0.2) is 34.0 Å². The molecule has 0 bridgehead atoms. The number of aliphatic carboxylic acids is 1. The molecule has 0 fully saturated rings. The Bertz CT molecular complexity index is 515. The monoisotopic (exact) mass is 268 g/mol. The normalized spacial score (nSPS) is 11.2. The number of halogens is 1. The molecule has 0 radical (unpaired) electrons. The lowest BCUT2D eigenvalue weighted by atomic mass is 10.0. The fourth-order valence-corrected chi connectivity index (χ4v) is 1.77. The van der Waals surface area contributed by atoms with Crippen LogP contribution < -0.4 is 5.73 Å². The van der Waals surface area contributed by atoms with Crippen LogP contribution in [-0.2, 0) is 4.79 Å². The van der Waals surface area contributed by atoms with Crippen LogP contribution in [0.2, 0.25) is 0 Å². The third-order valence-corrected chi connectivity index (χ3v) is 3.01. The van der Waals surface area contributed by atoms with Crippen molar-refractivity contribution >= 4 is 17.6 Å². The number of nitrogens with two attached hydrogens (primary N) is 1. The van der Waals surface area contributed by atoms with E-state index >= 15 is 0 Å². The maximum atomic E-state index is 13.2. The first-order chi connectivity index (χ1) is 8.71. The topological polar surface area (TPSA) is 83.6 Å². The van der Waals surface area contributed by atoms with Crippen molar-refractivity contribution < 1.29 is 19.1 Å². The number of carboxylic acids is 1. The lowest BCUT2D eigenvalue weighted by Crippen LogP contribution is -2.53. The molecule has 0 aromatic heterocycles. The molecule has 0 heterocycles. The Morgan fingerprint density at radius 3 is 2.47 bits per heavy atom. The van der Waals surface area contributed by atoms with Gasteiger partial charge >= 0.3 is 5.97 Å². The van der Waals surface area contributed by atoms with Crippen LogP contribution in [0.15, 0.2) is 18.2 Å². The molecule has 0 spiro atoms. The van der Waals surface area contributed by atoms with Gasteiger partial charge in [0.1, 0.15) is 11.4 Å². The Morgan fingerprint density at radius 1 is 1.42 bits per heavy atom. The first-order valence-electron chi connectivity index (χ1n) is 5.82. The third kappa shape index (κ3) is 2.83. The van der Waals surface area contributed by atoms with Crippen LogP contribution in [0.5, 0.6) is 0 Å². The van der Waals surface area contributed by atoms with Crippen LogP contribution in [0, 0.1) is 5.82 Å². The van der Waals surface area contributed by atoms with Gasteiger partial charge in [0.05, 0.1) is 5.56 Å². The van der Waals surface area contributed by atoms with Crippen molar-refractivity contribution in [2.45, 2.75) is 26.3 Å². The summed E-state index contributed by atoms with van der Waals surface area (Å²) in [4.78, 5) is 24.7. The van der Waals surface area contributed by atoms with Gasteiger partial charge in [-0.2, -0.15) is 0 Å². The predicted molar refractivity (Wildman–Crippen MR) is 69.2 cm³/mol. The van der Waals surface area contributed by atoms with Crippen molar-refractivity contribution in [3.05, 3.63) is 29.6 Å². The molecule has 104 valence electrons. The standard InChI is InChI=1S/C13H17FN2O3/c1-4-16(13(2,3)12(18)19)11(17)9-7-8(14)5-6-10(9)15/h5-7H,4,15H2,1-3H3,(H,18,19). The Morgan fingerprint density at radius 2 is 2.00 bits per heavy atom. The maximum Gasteiger partial charge on any atom is 0.329 e. The Kier molecular flexibility index (Phi) is 4.14. The molecule has 0 unspecified atom stereocenters. The van der Waals surface area contributed by atoms with Gasteiger partial charge in [-0.15, -0.1) is 0 Å². The minimum Gasteiger partial charge on any atom is -0.480 e. The number of rotatable bonds is 4. The number of nitrogen functional groups attached to an aromatic ring is 1. The zero-order valence-corrected chi connectivity index (χ0v) is 11.1. The highest BCUT2D eigenvalue weighted by molar-refractivity contribution is 6.01. The number of likely N-dealkylation sites (N-methyl/N-ethyl adjacent to an activating group) is 1. The summed E-state index contributed by atoms with van der Waals surface area (Å²) < 4.78 is 13.2. The van der Waals surface area contributed by atoms with E-state index in [4.69, 9.17) is 10.8 Å². The summed E-state index contributed by atoms with van der Waals surface area (Å²) in [6.45, 7) is 4.64. The number of hydrogen-bond donors (Lipinski definition) is 2. The number of benzene rings is 1. The van der Waals surface area contributed by atoms with Crippen molar-refractivity contribution in [2.75, 3.05) is 12.3 Å². The van der Waals surface area contributed by atoms with E-state index in [1.54, 1.807) is 6.92 Å². The van der Waals surface area contributed by atoms with Crippen LogP contribution in [0.3, 0.4) is 0 Å². The summed E-state index contributed by atoms with van der Waals surface area (Å²) in [7, 11) is 0. The summed E-state index contributed by atoms with van der Waals surface area (Å²) in [5.41, 5.74) is 4.33. The summed E-state index contributed by atoms with van der Waals surface area (Å²) >= 11 is 0. The van der Waals surface area contributed by atoms with E-state index in [1.165, 1.54) is 19.9 Å². The van der Waals surface area contributed by atoms with Crippen molar-refractivity contribution in [1.82, 2.24) is 4.90 Å². The highest BCUT2D eigenvalue weighted by Crippen LogP contribution is 2.22. The summed E-state index contributed by atoms with van der Waals surface area (Å²) in [6.07, 6.45) is 0. The third-order valence-electron chi connectivity index (χ3n) is 3.01. The van der Waals surface area contributed by atoms with E-state index in [0.29, 0.717) is 0 Å². The molecule has 1 rings (SSSR count). The average molecular weight is 268 g/mol. The van der Waals surface area contributed by atoms with Crippen LogP contribution >= 0.6 is 0 Å². The Hall–Kier alpha value is -2.11. The van der Waals surface area contributed by atoms with E-state index in [1.807, 2.05) is 0 Å². The predicted octanol–water partition coefficient (Wildman–Crippen LogP) is 1.73. The van der Waals surface area contributed by atoms with E-state index in [-0.39, 0.29) is 17.8 Å². The molecule has 3 N–H and O–H groups in total. The Labute approximate surface area is 110 Å². The van der Waals surface area contributed by atoms with Gasteiger partial charge in [-0.25, -0.2) is 9.18 Å². The number of nitrogens with zero attached hydrogens (tertiary/aromatic N) is 1. The van der Waals surface area contributed by atoms with E-state index in [9.17, 15) is 14.0 Å². The maximum absolute atomic E-state index is 13.2. The zero-order chi connectivity index (χ0) is 14.8. The van der Waals surface area contributed by atoms with Gasteiger partial charge in [0, 0.05) is 12.2 Å². The number of amides is 1. The number of anilines is 1. The molecule has 0 saturated heterocycles. The zero-order valence-electron chi connectivity index (χ0n) is 11.1. The molecule has 1 aromatic rings. The highest BCUT2D eigenvalue weighted by Gasteiger charge is 2.37. The molecule has 0 aliphatic rings. The molecule has 5 nitrogen and oxygen atoms in total. The lowest BCUT2D eigenvalue weighted by molar-refractivity contribution is -0.147. The largest absolute Gasteiger partial charge is 0.480 e. The first-order valence-corrected chi connectivity index (χ1v) is 5.82. The van der Waals surface area contributed by atoms with E-state index in [0.717, 1.165) is 17.0 Å². The van der Waals surface area contributed by atoms with Gasteiger partial charge in [0.25, 0.3) is 5.91 Å². The molecular formula is C13H17FN2O3. The molecule has 1 aromatic carbocycles. The van der Waals surface area contributed by atoms with E-state index < -0.39 is 23.2 Å². The second-order valence-corrected chi connectivity index (χ2v) is 4.65. The van der Waals surface area contributed by atoms with Gasteiger partial charge in [-0.05, 0) is 39.0 Å². The highest BCUT2D eigenvalue weighted by atomic mass is 19.1. The van der Waals surface area contributed by atoms with Crippen LogP contribution in [0.25, 0.3) is 0 Å². The van der Waals surface area contributed by atoms with Gasteiger partial charge < -0.3 is 15.7 Å². The summed E-state index contributed by atoms with van der Waals surface area (Å²) in [5.74, 6) is -2.34. The number of hydrogen-bond acceptors (Lipinski definition) is 3. The quantitative estimate of drug-likeness (QED) is 0.815. The van der Waals surface area contributed by atoms with Gasteiger partial charge in [0.15, 0.2) is 0 Å². The number of carbonyl (C=O) groups excluding carboxylic acids is 1. The van der Waals surface area contributed by atoms with Crippen molar-refractivity contribution in [2.24, 2.45) is 0 Å². The molecule has 1 amide bonds. The summed E-state index contributed by atoms with van der Waals surface area (Å²) in [5, 5.41) is 9.16. The number of carbonyl (C=O) groups is 2. The Balaban J connectivity index is 3.23. The number of carboxylic acid groups (broad SMARTS) is 1. The van der Waals surface area contributed by atoms with E-state index in [2.05, 4.69) is 0 Å². The van der Waals surface area contributed by atoms with Gasteiger partial charge in [-0.3, -0.25) is 4.79 Å². The van der Waals surface area contributed by atoms with Crippen molar-refractivity contribution in [3.8, 4) is 0 Å². The first kappa shape index (κ1) is 14.9. The fraction of sp³-hybridized carbons (Fsp3) is 0.385. The smallest absolute Gasteiger partial charge is 0.329 e. The molecule has 19 heavy (non-hydrogen) atoms. The van der Waals surface area contributed by atoms with Crippen LogP contribution in [0.1, 0.15) is 31.1 Å². The molecule has 0 saturated carbocycles. The second-order valence-electron chi connectivity index (χ2n) is 4.65.